The molecule has 0 aliphatic heterocycles. The monoisotopic (exact) mass is 560 g/mol. The number of hydrogen-bond donors (Lipinski definition) is 3. The van der Waals surface area contributed by atoms with Crippen LogP contribution in [-0.4, -0.2) is 29.3 Å². The number of nitrogens with zero attached hydrogens (tertiary/aromatic N) is 1. The summed E-state index contributed by atoms with van der Waals surface area (Å²) < 4.78 is 26.2. The van der Waals surface area contributed by atoms with E-state index < -0.39 is 23.6 Å². The lowest BCUT2D eigenvalue weighted by atomic mass is 10.1. The standard InChI is InChI=1S/C27H34BrFN4O3/c1-16(32-25-21-13-18(28)8-10-23(21)31-15-22(25)30)7-6-12-35-24-11-9-19(29)14-20(24)17(2)33-26(34)36-27(3,4)5/h8-11,13-17H,6-7,12,30H2,1-5H3,(H,31,32)(H,33,34)/t16?,17-/m1/s1. The molecule has 0 aliphatic carbocycles. The Balaban J connectivity index is 1.58. The van der Waals surface area contributed by atoms with Crippen molar-refractivity contribution in [2.45, 2.75) is 65.1 Å². The zero-order valence-electron chi connectivity index (χ0n) is 21.3. The third kappa shape index (κ3) is 7.71. The molecule has 2 atom stereocenters. The summed E-state index contributed by atoms with van der Waals surface area (Å²) in [6, 6.07) is 9.83. The van der Waals surface area contributed by atoms with Crippen LogP contribution in [0.4, 0.5) is 20.6 Å². The maximum absolute atomic E-state index is 14.0. The van der Waals surface area contributed by atoms with Gasteiger partial charge in [-0.1, -0.05) is 15.9 Å². The summed E-state index contributed by atoms with van der Waals surface area (Å²) in [4.78, 5) is 16.6. The SMILES string of the molecule is CC(CCCOc1ccc(F)cc1[C@@H](C)NC(=O)OC(C)(C)C)Nc1c(N)cnc2ccc(Br)cc12. The van der Waals surface area contributed by atoms with Crippen LogP contribution in [0.1, 0.15) is 59.1 Å². The number of fused-ring (bicyclic) bond motifs is 1. The molecule has 4 N–H and O–H groups in total. The molecule has 3 aromatic rings. The molecule has 0 saturated carbocycles. The molecule has 9 heteroatoms. The van der Waals surface area contributed by atoms with E-state index >= 15 is 0 Å². The molecular weight excluding hydrogens is 527 g/mol. The van der Waals surface area contributed by atoms with Crippen molar-refractivity contribution < 1.29 is 18.7 Å². The van der Waals surface area contributed by atoms with Gasteiger partial charge in [0.2, 0.25) is 0 Å². The second-order valence-corrected chi connectivity index (χ2v) is 10.8. The molecule has 7 nitrogen and oxygen atoms in total. The molecule has 194 valence electrons. The summed E-state index contributed by atoms with van der Waals surface area (Å²) in [6.07, 6.45) is 2.67. The van der Waals surface area contributed by atoms with Crippen molar-refractivity contribution >= 4 is 44.3 Å². The first-order valence-corrected chi connectivity index (χ1v) is 12.7. The van der Waals surface area contributed by atoms with Crippen LogP contribution in [0.3, 0.4) is 0 Å². The van der Waals surface area contributed by atoms with E-state index in [1.165, 1.54) is 12.1 Å². The number of pyridine rings is 1. The normalized spacial score (nSPS) is 13.2. The van der Waals surface area contributed by atoms with Gasteiger partial charge in [-0.15, -0.1) is 0 Å². The number of nitrogens with one attached hydrogen (secondary N) is 2. The molecule has 0 radical (unpaired) electrons. The number of rotatable bonds is 9. The van der Waals surface area contributed by atoms with Gasteiger partial charge in [0.15, 0.2) is 0 Å². The van der Waals surface area contributed by atoms with Crippen molar-refractivity contribution in [1.82, 2.24) is 10.3 Å². The van der Waals surface area contributed by atoms with Gasteiger partial charge in [-0.2, -0.15) is 0 Å². The fourth-order valence-electron chi connectivity index (χ4n) is 3.78. The second-order valence-electron chi connectivity index (χ2n) is 9.84. The Labute approximate surface area is 220 Å². The molecule has 0 aliphatic rings. The largest absolute Gasteiger partial charge is 0.493 e. The molecule has 1 heterocycles. The highest BCUT2D eigenvalue weighted by molar-refractivity contribution is 9.10. The van der Waals surface area contributed by atoms with Crippen molar-refractivity contribution in [3.63, 3.8) is 0 Å². The highest BCUT2D eigenvalue weighted by Gasteiger charge is 2.20. The number of nitrogen functional groups attached to an aromatic ring is 1. The number of ether oxygens (including phenoxy) is 2. The number of carbonyl (C=O) groups is 1. The third-order valence-corrected chi connectivity index (χ3v) is 5.95. The van der Waals surface area contributed by atoms with Gasteiger partial charge in [-0.25, -0.2) is 9.18 Å². The van der Waals surface area contributed by atoms with E-state index in [1.807, 2.05) is 18.2 Å². The van der Waals surface area contributed by atoms with Gasteiger partial charge in [0, 0.05) is 21.5 Å². The molecule has 0 spiro atoms. The van der Waals surface area contributed by atoms with Crippen LogP contribution in [0.5, 0.6) is 5.75 Å². The van der Waals surface area contributed by atoms with Crippen LogP contribution in [-0.2, 0) is 4.74 Å². The van der Waals surface area contributed by atoms with Crippen molar-refractivity contribution in [3.05, 3.63) is 58.4 Å². The van der Waals surface area contributed by atoms with Crippen LogP contribution in [0.25, 0.3) is 10.9 Å². The summed E-state index contributed by atoms with van der Waals surface area (Å²) in [5.41, 5.74) is 8.44. The number of amides is 1. The van der Waals surface area contributed by atoms with E-state index in [1.54, 1.807) is 40.0 Å². The summed E-state index contributed by atoms with van der Waals surface area (Å²) >= 11 is 3.51. The van der Waals surface area contributed by atoms with Crippen LogP contribution in [0, 0.1) is 5.82 Å². The number of anilines is 2. The molecule has 3 rings (SSSR count). The molecular formula is C27H34BrFN4O3. The van der Waals surface area contributed by atoms with Gasteiger partial charge in [0.25, 0.3) is 0 Å². The third-order valence-electron chi connectivity index (χ3n) is 5.46. The molecule has 1 amide bonds. The Kier molecular flexibility index (Phi) is 9.00. The van der Waals surface area contributed by atoms with E-state index in [2.05, 4.69) is 38.5 Å². The Morgan fingerprint density at radius 1 is 1.19 bits per heavy atom. The highest BCUT2D eigenvalue weighted by atomic mass is 79.9. The summed E-state index contributed by atoms with van der Waals surface area (Å²) in [7, 11) is 0. The summed E-state index contributed by atoms with van der Waals surface area (Å²) in [5, 5.41) is 7.20. The zero-order valence-corrected chi connectivity index (χ0v) is 22.9. The first-order valence-electron chi connectivity index (χ1n) is 11.9. The van der Waals surface area contributed by atoms with E-state index in [9.17, 15) is 9.18 Å². The predicted molar refractivity (Wildman–Crippen MR) is 146 cm³/mol. The lowest BCUT2D eigenvalue weighted by molar-refractivity contribution is 0.0507. The van der Waals surface area contributed by atoms with Gasteiger partial charge in [-0.3, -0.25) is 4.98 Å². The first kappa shape index (κ1) is 27.5. The lowest BCUT2D eigenvalue weighted by Gasteiger charge is -2.23. The van der Waals surface area contributed by atoms with Gasteiger partial charge in [-0.05, 0) is 83.9 Å². The van der Waals surface area contributed by atoms with Gasteiger partial charge in [0.1, 0.15) is 17.2 Å². The van der Waals surface area contributed by atoms with E-state index in [-0.39, 0.29) is 6.04 Å². The van der Waals surface area contributed by atoms with Crippen molar-refractivity contribution in [2.75, 3.05) is 17.7 Å². The van der Waals surface area contributed by atoms with Crippen LogP contribution in [0.15, 0.2) is 47.1 Å². The highest BCUT2D eigenvalue weighted by Crippen LogP contribution is 2.31. The smallest absolute Gasteiger partial charge is 0.408 e. The van der Waals surface area contributed by atoms with E-state index in [0.717, 1.165) is 33.9 Å². The number of nitrogens with two attached hydrogens (primary N) is 1. The van der Waals surface area contributed by atoms with Crippen LogP contribution in [0.2, 0.25) is 0 Å². The maximum atomic E-state index is 14.0. The molecule has 0 bridgehead atoms. The zero-order chi connectivity index (χ0) is 26.5. The minimum Gasteiger partial charge on any atom is -0.493 e. The van der Waals surface area contributed by atoms with Crippen LogP contribution < -0.4 is 21.1 Å². The average Bonchev–Trinajstić information content (AvgIpc) is 2.78. The van der Waals surface area contributed by atoms with Gasteiger partial charge < -0.3 is 25.8 Å². The first-order chi connectivity index (χ1) is 16.9. The average molecular weight is 561 g/mol. The maximum Gasteiger partial charge on any atom is 0.408 e. The van der Waals surface area contributed by atoms with Crippen molar-refractivity contribution in [2.24, 2.45) is 0 Å². The van der Waals surface area contributed by atoms with Crippen molar-refractivity contribution in [3.8, 4) is 5.75 Å². The number of alkyl carbamates (subject to hydrolysis) is 1. The minimum atomic E-state index is -0.625. The number of halogens is 2. The Morgan fingerprint density at radius 3 is 2.67 bits per heavy atom. The Morgan fingerprint density at radius 2 is 1.94 bits per heavy atom. The fourth-order valence-corrected chi connectivity index (χ4v) is 4.14. The van der Waals surface area contributed by atoms with E-state index in [0.29, 0.717) is 23.6 Å². The van der Waals surface area contributed by atoms with Crippen LogP contribution >= 0.6 is 15.9 Å². The van der Waals surface area contributed by atoms with Crippen molar-refractivity contribution in [1.29, 1.82) is 0 Å². The molecule has 0 fully saturated rings. The number of carbonyl (C=O) groups excluding carboxylic acids is 1. The minimum absolute atomic E-state index is 0.126. The van der Waals surface area contributed by atoms with Gasteiger partial charge >= 0.3 is 6.09 Å². The predicted octanol–water partition coefficient (Wildman–Crippen LogP) is 6.96. The lowest BCUT2D eigenvalue weighted by Crippen LogP contribution is -2.34. The molecule has 1 aromatic heterocycles. The molecule has 2 aromatic carbocycles. The summed E-state index contributed by atoms with van der Waals surface area (Å²) in [5.74, 6) is 0.122. The Hall–Kier alpha value is -3.07. The van der Waals surface area contributed by atoms with Gasteiger partial charge in [0.05, 0.1) is 35.7 Å². The fraction of sp³-hybridized carbons (Fsp3) is 0.407. The molecule has 36 heavy (non-hydrogen) atoms. The number of aromatic nitrogens is 1. The van der Waals surface area contributed by atoms with E-state index in [4.69, 9.17) is 15.2 Å². The number of benzene rings is 2. The summed E-state index contributed by atoms with van der Waals surface area (Å²) in [6.45, 7) is 9.64. The molecule has 0 saturated heterocycles. The number of hydrogen-bond acceptors (Lipinski definition) is 6. The molecule has 1 unspecified atom stereocenters. The second kappa shape index (κ2) is 11.8. The Bertz CT molecular complexity index is 1210. The quantitative estimate of drug-likeness (QED) is 0.244. The topological polar surface area (TPSA) is 98.5 Å².